The third-order valence-corrected chi connectivity index (χ3v) is 2.47. The van der Waals surface area contributed by atoms with Crippen LogP contribution in [-0.2, 0) is 6.42 Å². The molecule has 0 spiro atoms. The van der Waals surface area contributed by atoms with E-state index in [0.29, 0.717) is 5.02 Å². The molecule has 1 aromatic carbocycles. The Morgan fingerprint density at radius 1 is 1.45 bits per heavy atom. The first-order valence-corrected chi connectivity index (χ1v) is 5.47. The minimum atomic E-state index is -0.306. The Labute approximate surface area is 73.8 Å². The summed E-state index contributed by atoms with van der Waals surface area (Å²) in [5.74, 6) is -0.306. The third kappa shape index (κ3) is 2.04. The highest BCUT2D eigenvalue weighted by atomic mass is 35.5. The Morgan fingerprint density at radius 3 is 2.82 bits per heavy atom. The maximum Gasteiger partial charge on any atom is 0.142 e. The van der Waals surface area contributed by atoms with E-state index in [1.165, 1.54) is 6.07 Å². The molecule has 0 atom stereocenters. The second-order valence-corrected chi connectivity index (χ2v) is 3.84. The molecule has 0 heterocycles. The van der Waals surface area contributed by atoms with Gasteiger partial charge >= 0.3 is 0 Å². The number of rotatable bonds is 2. The minimum absolute atomic E-state index is 0.295. The Balaban J connectivity index is 2.96. The molecule has 1 rings (SSSR count). The molecule has 0 aromatic heterocycles. The molecular weight excluding hydrogens is 179 g/mol. The summed E-state index contributed by atoms with van der Waals surface area (Å²) in [7, 11) is 1.14. The van der Waals surface area contributed by atoms with Crippen LogP contribution in [0.4, 0.5) is 4.39 Å². The van der Waals surface area contributed by atoms with Crippen molar-refractivity contribution in [2.75, 3.05) is 0 Å². The second kappa shape index (κ2) is 3.88. The van der Waals surface area contributed by atoms with Gasteiger partial charge < -0.3 is 0 Å². The van der Waals surface area contributed by atoms with Crippen LogP contribution < -0.4 is 0 Å². The Kier molecular flexibility index (Phi) is 3.09. The van der Waals surface area contributed by atoms with E-state index < -0.39 is 0 Å². The fraction of sp³-hybridized carbons (Fsp3) is 0.250. The van der Waals surface area contributed by atoms with Crippen LogP contribution in [-0.4, -0.2) is 10.2 Å². The van der Waals surface area contributed by atoms with Gasteiger partial charge in [0.1, 0.15) is 5.82 Å². The van der Waals surface area contributed by atoms with Crippen molar-refractivity contribution < 1.29 is 4.39 Å². The molecule has 0 aliphatic rings. The van der Waals surface area contributed by atoms with Crippen LogP contribution in [0.3, 0.4) is 0 Å². The van der Waals surface area contributed by atoms with Gasteiger partial charge in [-0.25, -0.2) is 4.39 Å². The molecule has 0 aliphatic carbocycles. The fourth-order valence-corrected chi connectivity index (χ4v) is 1.77. The lowest BCUT2D eigenvalue weighted by Crippen LogP contribution is -1.87. The topological polar surface area (TPSA) is 0 Å². The normalized spacial score (nSPS) is 10.4. The lowest BCUT2D eigenvalue weighted by atomic mass is 10.2. The molecular formula is C8H10ClFSi. The molecule has 0 fully saturated rings. The largest absolute Gasteiger partial charge is 0.205 e. The second-order valence-electron chi connectivity index (χ2n) is 2.46. The number of benzene rings is 1. The van der Waals surface area contributed by atoms with Crippen molar-refractivity contribution in [1.29, 1.82) is 0 Å². The SMILES string of the molecule is Fc1cccc(CC[SiH3])c1Cl. The quantitative estimate of drug-likeness (QED) is 0.622. The molecule has 3 heteroatoms. The Bertz CT molecular complexity index is 250. The molecule has 1 aromatic rings. The van der Waals surface area contributed by atoms with Crippen LogP contribution in [0.2, 0.25) is 11.1 Å². The molecule has 0 amide bonds. The van der Waals surface area contributed by atoms with Gasteiger partial charge in [-0.3, -0.25) is 0 Å². The van der Waals surface area contributed by atoms with Crippen molar-refractivity contribution in [3.8, 4) is 0 Å². The van der Waals surface area contributed by atoms with E-state index in [1.54, 1.807) is 6.07 Å². The predicted molar refractivity (Wildman–Crippen MR) is 49.9 cm³/mol. The van der Waals surface area contributed by atoms with Crippen molar-refractivity contribution in [3.05, 3.63) is 34.6 Å². The van der Waals surface area contributed by atoms with E-state index in [4.69, 9.17) is 11.6 Å². The molecule has 0 aliphatic heterocycles. The van der Waals surface area contributed by atoms with Gasteiger partial charge in [-0.1, -0.05) is 29.8 Å². The number of aryl methyl sites for hydroxylation is 1. The monoisotopic (exact) mass is 188 g/mol. The minimum Gasteiger partial charge on any atom is -0.205 e. The first-order chi connectivity index (χ1) is 5.25. The highest BCUT2D eigenvalue weighted by Crippen LogP contribution is 2.20. The van der Waals surface area contributed by atoms with Crippen molar-refractivity contribution in [2.45, 2.75) is 12.5 Å². The van der Waals surface area contributed by atoms with Gasteiger partial charge in [0.25, 0.3) is 0 Å². The summed E-state index contributed by atoms with van der Waals surface area (Å²) in [4.78, 5) is 0. The van der Waals surface area contributed by atoms with Crippen LogP contribution in [0, 0.1) is 5.82 Å². The van der Waals surface area contributed by atoms with Crippen molar-refractivity contribution in [2.24, 2.45) is 0 Å². The van der Waals surface area contributed by atoms with Gasteiger partial charge in [0.15, 0.2) is 0 Å². The molecule has 11 heavy (non-hydrogen) atoms. The van der Waals surface area contributed by atoms with Crippen molar-refractivity contribution >= 4 is 21.8 Å². The fourth-order valence-electron chi connectivity index (χ4n) is 1.01. The summed E-state index contributed by atoms with van der Waals surface area (Å²) in [5, 5.41) is 0.295. The van der Waals surface area contributed by atoms with E-state index in [0.717, 1.165) is 28.3 Å². The number of hydrogen-bond donors (Lipinski definition) is 0. The standard InChI is InChI=1S/C8H10ClFSi/c9-8-6(4-5-11)2-1-3-7(8)10/h1-3H,4-5H2,11H3. The summed E-state index contributed by atoms with van der Waals surface area (Å²) < 4.78 is 12.8. The van der Waals surface area contributed by atoms with E-state index >= 15 is 0 Å². The zero-order valence-electron chi connectivity index (χ0n) is 6.40. The van der Waals surface area contributed by atoms with Gasteiger partial charge in [0.2, 0.25) is 0 Å². The molecule has 0 unspecified atom stereocenters. The molecule has 0 saturated carbocycles. The van der Waals surface area contributed by atoms with Gasteiger partial charge in [0.05, 0.1) is 5.02 Å². The highest BCUT2D eigenvalue weighted by Gasteiger charge is 2.02. The third-order valence-electron chi connectivity index (χ3n) is 1.55. The Morgan fingerprint density at radius 2 is 2.18 bits per heavy atom. The highest BCUT2D eigenvalue weighted by molar-refractivity contribution is 6.31. The lowest BCUT2D eigenvalue weighted by Gasteiger charge is -2.01. The van der Waals surface area contributed by atoms with Gasteiger partial charge in [-0.05, 0) is 18.1 Å². The summed E-state index contributed by atoms with van der Waals surface area (Å²) in [6.07, 6.45) is 0.906. The van der Waals surface area contributed by atoms with Crippen LogP contribution in [0.1, 0.15) is 5.56 Å². The zero-order valence-corrected chi connectivity index (χ0v) is 9.16. The van der Waals surface area contributed by atoms with Crippen molar-refractivity contribution in [3.63, 3.8) is 0 Å². The van der Waals surface area contributed by atoms with E-state index in [-0.39, 0.29) is 5.82 Å². The van der Waals surface area contributed by atoms with Crippen LogP contribution in [0.15, 0.2) is 18.2 Å². The molecule has 60 valence electrons. The molecule has 0 nitrogen and oxygen atoms in total. The summed E-state index contributed by atoms with van der Waals surface area (Å²) in [6.45, 7) is 0. The van der Waals surface area contributed by atoms with Gasteiger partial charge in [0, 0.05) is 10.2 Å². The van der Waals surface area contributed by atoms with Crippen LogP contribution >= 0.6 is 11.6 Å². The maximum absolute atomic E-state index is 12.8. The lowest BCUT2D eigenvalue weighted by molar-refractivity contribution is 0.626. The first kappa shape index (κ1) is 8.75. The van der Waals surface area contributed by atoms with Crippen LogP contribution in [0.5, 0.6) is 0 Å². The molecule has 0 saturated heterocycles. The van der Waals surface area contributed by atoms with E-state index in [1.807, 2.05) is 6.07 Å². The first-order valence-electron chi connectivity index (χ1n) is 3.68. The predicted octanol–water partition coefficient (Wildman–Crippen LogP) is 1.81. The van der Waals surface area contributed by atoms with E-state index in [9.17, 15) is 4.39 Å². The summed E-state index contributed by atoms with van der Waals surface area (Å²) in [6, 6.07) is 6.10. The average molecular weight is 189 g/mol. The van der Waals surface area contributed by atoms with E-state index in [2.05, 4.69) is 0 Å². The Hall–Kier alpha value is -0.343. The summed E-state index contributed by atoms with van der Waals surface area (Å²) >= 11 is 5.71. The molecule has 0 radical (unpaired) electrons. The smallest absolute Gasteiger partial charge is 0.142 e. The number of halogens is 2. The maximum atomic E-state index is 12.8. The zero-order chi connectivity index (χ0) is 8.27. The molecule has 0 N–H and O–H groups in total. The van der Waals surface area contributed by atoms with Gasteiger partial charge in [-0.15, -0.1) is 0 Å². The molecule has 0 bridgehead atoms. The number of hydrogen-bond acceptors (Lipinski definition) is 0. The van der Waals surface area contributed by atoms with Gasteiger partial charge in [-0.2, -0.15) is 0 Å². The van der Waals surface area contributed by atoms with Crippen molar-refractivity contribution in [1.82, 2.24) is 0 Å². The van der Waals surface area contributed by atoms with Crippen LogP contribution in [0.25, 0.3) is 0 Å². The average Bonchev–Trinajstić information content (AvgIpc) is 1.99. The summed E-state index contributed by atoms with van der Waals surface area (Å²) in [5.41, 5.74) is 0.932.